The van der Waals surface area contributed by atoms with Gasteiger partial charge in [-0.05, 0) is 89.5 Å². The molecule has 6 nitrogen and oxygen atoms in total. The fourth-order valence-electron chi connectivity index (χ4n) is 3.90. The first-order valence-corrected chi connectivity index (χ1v) is 12.2. The number of nitrogens with zero attached hydrogens (tertiary/aromatic N) is 3. The monoisotopic (exact) mass is 577 g/mol. The van der Waals surface area contributed by atoms with Crippen LogP contribution in [-0.2, 0) is 6.61 Å². The van der Waals surface area contributed by atoms with Gasteiger partial charge in [-0.15, -0.1) is 0 Å². The average Bonchev–Trinajstić information content (AvgIpc) is 3.19. The van der Waals surface area contributed by atoms with Crippen molar-refractivity contribution in [3.05, 3.63) is 92.3 Å². The Morgan fingerprint density at radius 1 is 1.11 bits per heavy atom. The van der Waals surface area contributed by atoms with Crippen molar-refractivity contribution in [1.29, 1.82) is 5.26 Å². The third-order valence-corrected chi connectivity index (χ3v) is 6.25. The quantitative estimate of drug-likeness (QED) is 0.143. The summed E-state index contributed by atoms with van der Waals surface area (Å²) in [5, 5.41) is 16.2. The molecule has 4 aromatic rings. The number of carbonyl (C=O) groups is 1. The number of halogens is 1. The van der Waals surface area contributed by atoms with Gasteiger partial charge in [-0.25, -0.2) is 4.68 Å². The summed E-state index contributed by atoms with van der Waals surface area (Å²) < 4.78 is 14.2. The molecule has 1 aromatic heterocycles. The SMILES string of the molecule is CCOc1cc(/C=C(\C#N)C(=O)n2nc(C)cc2C)cc(I)c1OCc1cccc2ccccc12. The highest BCUT2D eigenvalue weighted by molar-refractivity contribution is 14.1. The molecule has 0 bridgehead atoms. The lowest BCUT2D eigenvalue weighted by molar-refractivity contribution is 0.0943. The Labute approximate surface area is 217 Å². The van der Waals surface area contributed by atoms with E-state index in [0.29, 0.717) is 41.7 Å². The molecule has 0 spiro atoms. The van der Waals surface area contributed by atoms with Gasteiger partial charge in [0.25, 0.3) is 5.91 Å². The maximum absolute atomic E-state index is 12.9. The van der Waals surface area contributed by atoms with E-state index >= 15 is 0 Å². The van der Waals surface area contributed by atoms with Crippen LogP contribution in [0, 0.1) is 28.7 Å². The number of aromatic nitrogens is 2. The Morgan fingerprint density at radius 3 is 2.60 bits per heavy atom. The van der Waals surface area contributed by atoms with Gasteiger partial charge < -0.3 is 9.47 Å². The molecule has 0 aliphatic carbocycles. The summed E-state index contributed by atoms with van der Waals surface area (Å²) >= 11 is 2.19. The Kier molecular flexibility index (Phi) is 7.51. The summed E-state index contributed by atoms with van der Waals surface area (Å²) in [6, 6.07) is 21.8. The Balaban J connectivity index is 1.65. The van der Waals surface area contributed by atoms with Crippen LogP contribution >= 0.6 is 22.6 Å². The van der Waals surface area contributed by atoms with E-state index in [1.807, 2.05) is 37.3 Å². The second kappa shape index (κ2) is 10.7. The van der Waals surface area contributed by atoms with Crippen molar-refractivity contribution in [3.63, 3.8) is 0 Å². The van der Waals surface area contributed by atoms with E-state index in [4.69, 9.17) is 9.47 Å². The number of carbonyl (C=O) groups excluding carboxylic acids is 1. The molecule has 0 saturated heterocycles. The molecule has 3 aromatic carbocycles. The van der Waals surface area contributed by atoms with E-state index in [9.17, 15) is 10.1 Å². The summed E-state index contributed by atoms with van der Waals surface area (Å²) in [6.45, 7) is 6.32. The second-order valence-corrected chi connectivity index (χ2v) is 9.17. The van der Waals surface area contributed by atoms with Crippen LogP contribution in [-0.4, -0.2) is 22.3 Å². The zero-order valence-corrected chi connectivity index (χ0v) is 21.9. The minimum absolute atomic E-state index is 0.0149. The van der Waals surface area contributed by atoms with E-state index in [-0.39, 0.29) is 5.57 Å². The van der Waals surface area contributed by atoms with E-state index < -0.39 is 5.91 Å². The first-order chi connectivity index (χ1) is 16.9. The van der Waals surface area contributed by atoms with Crippen molar-refractivity contribution in [3.8, 4) is 17.6 Å². The summed E-state index contributed by atoms with van der Waals surface area (Å²) in [4.78, 5) is 12.9. The van der Waals surface area contributed by atoms with Crippen LogP contribution in [0.4, 0.5) is 0 Å². The van der Waals surface area contributed by atoms with Crippen LogP contribution in [0.1, 0.15) is 34.2 Å². The van der Waals surface area contributed by atoms with Crippen molar-refractivity contribution in [2.75, 3.05) is 6.61 Å². The third kappa shape index (κ3) is 5.38. The predicted octanol–water partition coefficient (Wildman–Crippen LogP) is 6.48. The molecule has 0 fully saturated rings. The minimum atomic E-state index is -0.470. The maximum Gasteiger partial charge on any atom is 0.289 e. The van der Waals surface area contributed by atoms with Gasteiger partial charge in [-0.1, -0.05) is 42.5 Å². The molecule has 176 valence electrons. The van der Waals surface area contributed by atoms with Gasteiger partial charge in [0.05, 0.1) is 15.9 Å². The summed E-state index contributed by atoms with van der Waals surface area (Å²) in [5.41, 5.74) is 3.12. The van der Waals surface area contributed by atoms with Crippen molar-refractivity contribution >= 4 is 45.3 Å². The van der Waals surface area contributed by atoms with Crippen molar-refractivity contribution in [2.24, 2.45) is 0 Å². The lowest BCUT2D eigenvalue weighted by Crippen LogP contribution is -2.15. The van der Waals surface area contributed by atoms with Crippen LogP contribution in [0.25, 0.3) is 16.8 Å². The Morgan fingerprint density at radius 2 is 1.89 bits per heavy atom. The zero-order chi connectivity index (χ0) is 24.9. The highest BCUT2D eigenvalue weighted by Gasteiger charge is 2.18. The maximum atomic E-state index is 12.9. The smallest absolute Gasteiger partial charge is 0.289 e. The number of allylic oxidation sites excluding steroid dienone is 1. The fraction of sp³-hybridized carbons (Fsp3) is 0.179. The summed E-state index contributed by atoms with van der Waals surface area (Å²) in [7, 11) is 0. The van der Waals surface area contributed by atoms with Gasteiger partial charge in [0, 0.05) is 5.69 Å². The molecule has 0 aliphatic heterocycles. The van der Waals surface area contributed by atoms with E-state index in [1.165, 1.54) is 4.68 Å². The van der Waals surface area contributed by atoms with Gasteiger partial charge in [0.1, 0.15) is 18.2 Å². The van der Waals surface area contributed by atoms with Crippen LogP contribution < -0.4 is 9.47 Å². The van der Waals surface area contributed by atoms with Crippen molar-refractivity contribution in [2.45, 2.75) is 27.4 Å². The number of ether oxygens (including phenoxy) is 2. The van der Waals surface area contributed by atoms with Crippen LogP contribution in [0.5, 0.6) is 11.5 Å². The molecular weight excluding hydrogens is 553 g/mol. The second-order valence-electron chi connectivity index (χ2n) is 8.00. The third-order valence-electron chi connectivity index (χ3n) is 5.45. The topological polar surface area (TPSA) is 77.1 Å². The fourth-order valence-corrected chi connectivity index (χ4v) is 4.68. The zero-order valence-electron chi connectivity index (χ0n) is 19.7. The van der Waals surface area contributed by atoms with Crippen molar-refractivity contribution in [1.82, 2.24) is 9.78 Å². The Hall–Kier alpha value is -3.64. The summed E-state index contributed by atoms with van der Waals surface area (Å²) in [5.74, 6) is 0.713. The first kappa shape index (κ1) is 24.5. The molecule has 0 N–H and O–H groups in total. The van der Waals surface area contributed by atoms with E-state index in [0.717, 1.165) is 19.9 Å². The van der Waals surface area contributed by atoms with Crippen LogP contribution in [0.2, 0.25) is 0 Å². The molecule has 0 saturated carbocycles. The van der Waals surface area contributed by atoms with Gasteiger partial charge in [-0.3, -0.25) is 4.79 Å². The molecule has 0 aliphatic rings. The molecular formula is C28H24IN3O3. The van der Waals surface area contributed by atoms with E-state index in [1.54, 1.807) is 32.1 Å². The van der Waals surface area contributed by atoms with Crippen molar-refractivity contribution < 1.29 is 14.3 Å². The van der Waals surface area contributed by atoms with Gasteiger partial charge in [0.2, 0.25) is 0 Å². The molecule has 4 rings (SSSR count). The molecule has 1 heterocycles. The Bertz CT molecular complexity index is 1480. The largest absolute Gasteiger partial charge is 0.490 e. The number of aryl methyl sites for hydroxylation is 2. The number of nitriles is 1. The van der Waals surface area contributed by atoms with Crippen LogP contribution in [0.3, 0.4) is 0 Å². The number of hydrogen-bond acceptors (Lipinski definition) is 5. The molecule has 0 radical (unpaired) electrons. The number of benzene rings is 3. The highest BCUT2D eigenvalue weighted by atomic mass is 127. The van der Waals surface area contributed by atoms with Gasteiger partial charge in [-0.2, -0.15) is 10.4 Å². The standard InChI is InChI=1S/C28H24IN3O3/c1-4-34-26-15-20(13-23(16-30)28(33)32-19(3)12-18(2)31-32)14-25(29)27(26)35-17-22-10-7-9-21-8-5-6-11-24(21)22/h5-15H,4,17H2,1-3H3/b23-13+. The van der Waals surface area contributed by atoms with Crippen LogP contribution in [0.15, 0.2) is 66.2 Å². The average molecular weight is 577 g/mol. The summed E-state index contributed by atoms with van der Waals surface area (Å²) in [6.07, 6.45) is 1.55. The lowest BCUT2D eigenvalue weighted by atomic mass is 10.1. The number of fused-ring (bicyclic) bond motifs is 1. The lowest BCUT2D eigenvalue weighted by Gasteiger charge is -2.16. The molecule has 0 atom stereocenters. The normalized spacial score (nSPS) is 11.3. The highest BCUT2D eigenvalue weighted by Crippen LogP contribution is 2.36. The number of hydrogen-bond donors (Lipinski definition) is 0. The van der Waals surface area contributed by atoms with Gasteiger partial charge in [0.15, 0.2) is 11.5 Å². The molecule has 0 unspecified atom stereocenters. The van der Waals surface area contributed by atoms with Gasteiger partial charge >= 0.3 is 0 Å². The minimum Gasteiger partial charge on any atom is -0.490 e. The molecule has 35 heavy (non-hydrogen) atoms. The predicted molar refractivity (Wildman–Crippen MR) is 145 cm³/mol. The molecule has 7 heteroatoms. The molecule has 0 amide bonds. The first-order valence-electron chi connectivity index (χ1n) is 11.2. The number of rotatable bonds is 7. The van der Waals surface area contributed by atoms with E-state index in [2.05, 4.69) is 52.0 Å².